The molecule has 1 heterocycles. The highest BCUT2D eigenvalue weighted by Gasteiger charge is 2.29. The molecular formula is C23H31N3O3S. The minimum atomic E-state index is -3.49. The Morgan fingerprint density at radius 2 is 1.60 bits per heavy atom. The second-order valence-corrected chi connectivity index (χ2v) is 10.1. The van der Waals surface area contributed by atoms with Crippen LogP contribution in [-0.4, -0.2) is 56.3 Å². The molecule has 162 valence electrons. The Kier molecular flexibility index (Phi) is 6.95. The van der Waals surface area contributed by atoms with Crippen molar-refractivity contribution < 1.29 is 13.2 Å². The number of carbonyl (C=O) groups excluding carboxylic acids is 1. The Morgan fingerprint density at radius 1 is 0.967 bits per heavy atom. The van der Waals surface area contributed by atoms with E-state index in [1.54, 1.807) is 12.1 Å². The normalized spacial score (nSPS) is 16.9. The molecule has 1 saturated heterocycles. The highest BCUT2D eigenvalue weighted by atomic mass is 32.2. The summed E-state index contributed by atoms with van der Waals surface area (Å²) in [5.74, 6) is -0.0458. The Morgan fingerprint density at radius 3 is 2.20 bits per heavy atom. The molecule has 0 saturated carbocycles. The van der Waals surface area contributed by atoms with E-state index in [0.717, 1.165) is 11.1 Å². The Balaban J connectivity index is 1.52. The van der Waals surface area contributed by atoms with Crippen LogP contribution in [0.1, 0.15) is 35.2 Å². The van der Waals surface area contributed by atoms with Crippen molar-refractivity contribution >= 4 is 15.9 Å². The van der Waals surface area contributed by atoms with Crippen molar-refractivity contribution in [2.24, 2.45) is 0 Å². The first kappa shape index (κ1) is 22.5. The van der Waals surface area contributed by atoms with Crippen LogP contribution in [0.3, 0.4) is 0 Å². The quantitative estimate of drug-likeness (QED) is 0.767. The van der Waals surface area contributed by atoms with Gasteiger partial charge in [0.1, 0.15) is 0 Å². The number of nitrogens with zero attached hydrogens (tertiary/aromatic N) is 2. The van der Waals surface area contributed by atoms with Gasteiger partial charge in [-0.1, -0.05) is 35.9 Å². The minimum Gasteiger partial charge on any atom is -0.348 e. The monoisotopic (exact) mass is 429 g/mol. The van der Waals surface area contributed by atoms with E-state index >= 15 is 0 Å². The van der Waals surface area contributed by atoms with Crippen LogP contribution >= 0.6 is 0 Å². The number of nitrogens with one attached hydrogen (secondary N) is 1. The smallest absolute Gasteiger partial charge is 0.243 e. The van der Waals surface area contributed by atoms with E-state index in [9.17, 15) is 13.2 Å². The van der Waals surface area contributed by atoms with Gasteiger partial charge in [0.15, 0.2) is 0 Å². The molecule has 1 fully saturated rings. The first-order valence-corrected chi connectivity index (χ1v) is 11.8. The molecule has 2 aromatic carbocycles. The average Bonchev–Trinajstić information content (AvgIpc) is 2.70. The summed E-state index contributed by atoms with van der Waals surface area (Å²) >= 11 is 0. The fourth-order valence-corrected chi connectivity index (χ4v) is 5.02. The summed E-state index contributed by atoms with van der Waals surface area (Å²) in [6, 6.07) is 13.1. The highest BCUT2D eigenvalue weighted by molar-refractivity contribution is 7.89. The van der Waals surface area contributed by atoms with Gasteiger partial charge in [-0.05, 0) is 56.5 Å². The lowest BCUT2D eigenvalue weighted by Gasteiger charge is -2.33. The maximum Gasteiger partial charge on any atom is 0.243 e. The third-order valence-electron chi connectivity index (χ3n) is 5.77. The van der Waals surface area contributed by atoms with Gasteiger partial charge in [0.05, 0.1) is 17.5 Å². The maximum absolute atomic E-state index is 12.8. The Bertz CT molecular complexity index is 995. The fourth-order valence-electron chi connectivity index (χ4n) is 3.59. The number of piperazine rings is 1. The molecule has 7 heteroatoms. The molecule has 0 aliphatic carbocycles. The number of hydrogen-bond acceptors (Lipinski definition) is 4. The fraction of sp³-hybridized carbons (Fsp3) is 0.435. The van der Waals surface area contributed by atoms with Crippen LogP contribution in [0.5, 0.6) is 0 Å². The summed E-state index contributed by atoms with van der Waals surface area (Å²) in [5, 5.41) is 3.05. The molecule has 6 nitrogen and oxygen atoms in total. The van der Waals surface area contributed by atoms with Crippen molar-refractivity contribution in [3.63, 3.8) is 0 Å². The van der Waals surface area contributed by atoms with Crippen LogP contribution in [0.2, 0.25) is 0 Å². The van der Waals surface area contributed by atoms with Crippen molar-refractivity contribution in [3.05, 3.63) is 64.7 Å². The standard InChI is InChI=1S/C23H31N3O3S/c1-17-5-9-22(10-6-17)30(28,29)26-13-11-25(12-14-26)16-23(27)24-20(4)21-8-7-18(2)19(3)15-21/h5-10,15,20H,11-14,16H2,1-4H3,(H,24,27)/t20-/m0/s1. The van der Waals surface area contributed by atoms with E-state index in [1.807, 2.05) is 36.9 Å². The molecule has 0 unspecified atom stereocenters. The Labute approximate surface area is 179 Å². The number of carbonyl (C=O) groups is 1. The average molecular weight is 430 g/mol. The molecule has 0 spiro atoms. The summed E-state index contributed by atoms with van der Waals surface area (Å²) in [4.78, 5) is 14.8. The molecule has 2 aromatic rings. The van der Waals surface area contributed by atoms with Gasteiger partial charge in [0.25, 0.3) is 0 Å². The van der Waals surface area contributed by atoms with Crippen LogP contribution in [0, 0.1) is 20.8 Å². The maximum atomic E-state index is 12.8. The van der Waals surface area contributed by atoms with E-state index in [2.05, 4.69) is 31.3 Å². The number of rotatable bonds is 6. The summed E-state index contributed by atoms with van der Waals surface area (Å²) in [7, 11) is -3.49. The second-order valence-electron chi connectivity index (χ2n) is 8.13. The second kappa shape index (κ2) is 9.29. The zero-order valence-corrected chi connectivity index (χ0v) is 19.0. The van der Waals surface area contributed by atoms with Gasteiger partial charge in [0.2, 0.25) is 15.9 Å². The zero-order chi connectivity index (χ0) is 21.9. The summed E-state index contributed by atoms with van der Waals surface area (Å²) in [6.45, 7) is 10.2. The largest absolute Gasteiger partial charge is 0.348 e. The minimum absolute atomic E-state index is 0.0458. The van der Waals surface area contributed by atoms with E-state index in [0.29, 0.717) is 31.1 Å². The Hall–Kier alpha value is -2.22. The molecule has 3 rings (SSSR count). The van der Waals surface area contributed by atoms with Crippen molar-refractivity contribution in [3.8, 4) is 0 Å². The highest BCUT2D eigenvalue weighted by Crippen LogP contribution is 2.19. The molecule has 1 amide bonds. The number of aryl methyl sites for hydroxylation is 3. The summed E-state index contributed by atoms with van der Waals surface area (Å²) in [5.41, 5.74) is 4.55. The van der Waals surface area contributed by atoms with Gasteiger partial charge >= 0.3 is 0 Å². The van der Waals surface area contributed by atoms with Crippen LogP contribution in [0.25, 0.3) is 0 Å². The molecule has 0 aromatic heterocycles. The first-order valence-electron chi connectivity index (χ1n) is 10.3. The van der Waals surface area contributed by atoms with E-state index in [1.165, 1.54) is 15.4 Å². The molecule has 1 N–H and O–H groups in total. The summed E-state index contributed by atoms with van der Waals surface area (Å²) in [6.07, 6.45) is 0. The summed E-state index contributed by atoms with van der Waals surface area (Å²) < 4.78 is 27.1. The number of hydrogen-bond donors (Lipinski definition) is 1. The predicted octanol–water partition coefficient (Wildman–Crippen LogP) is 2.80. The topological polar surface area (TPSA) is 69.7 Å². The van der Waals surface area contributed by atoms with Gasteiger partial charge in [-0.25, -0.2) is 8.42 Å². The molecule has 30 heavy (non-hydrogen) atoms. The van der Waals surface area contributed by atoms with Crippen molar-refractivity contribution in [2.75, 3.05) is 32.7 Å². The lowest BCUT2D eigenvalue weighted by Crippen LogP contribution is -2.51. The van der Waals surface area contributed by atoms with Crippen molar-refractivity contribution in [1.29, 1.82) is 0 Å². The number of sulfonamides is 1. The first-order chi connectivity index (χ1) is 14.2. The molecule has 1 atom stereocenters. The third-order valence-corrected chi connectivity index (χ3v) is 7.68. The van der Waals surface area contributed by atoms with Crippen LogP contribution in [-0.2, 0) is 14.8 Å². The van der Waals surface area contributed by atoms with Crippen LogP contribution in [0.4, 0.5) is 0 Å². The van der Waals surface area contributed by atoms with Crippen molar-refractivity contribution in [2.45, 2.75) is 38.6 Å². The van der Waals surface area contributed by atoms with Gasteiger partial charge in [-0.3, -0.25) is 9.69 Å². The van der Waals surface area contributed by atoms with Gasteiger partial charge in [-0.15, -0.1) is 0 Å². The molecule has 0 radical (unpaired) electrons. The number of benzene rings is 2. The molecule has 1 aliphatic rings. The zero-order valence-electron chi connectivity index (χ0n) is 18.2. The van der Waals surface area contributed by atoms with E-state index in [-0.39, 0.29) is 18.5 Å². The van der Waals surface area contributed by atoms with Crippen LogP contribution in [0.15, 0.2) is 47.4 Å². The molecular weight excluding hydrogens is 398 g/mol. The lowest BCUT2D eigenvalue weighted by atomic mass is 10.0. The van der Waals surface area contributed by atoms with Gasteiger partial charge in [-0.2, -0.15) is 4.31 Å². The van der Waals surface area contributed by atoms with Gasteiger partial charge in [0, 0.05) is 26.2 Å². The SMILES string of the molecule is Cc1ccc(S(=O)(=O)N2CCN(CC(=O)N[C@@H](C)c3ccc(C)c(C)c3)CC2)cc1. The lowest BCUT2D eigenvalue weighted by molar-refractivity contribution is -0.123. The predicted molar refractivity (Wildman–Crippen MR) is 119 cm³/mol. The molecule has 0 bridgehead atoms. The van der Waals surface area contributed by atoms with Gasteiger partial charge < -0.3 is 5.32 Å². The van der Waals surface area contributed by atoms with Crippen LogP contribution < -0.4 is 5.32 Å². The molecule has 1 aliphatic heterocycles. The van der Waals surface area contributed by atoms with E-state index < -0.39 is 10.0 Å². The number of amides is 1. The van der Waals surface area contributed by atoms with Crippen molar-refractivity contribution in [1.82, 2.24) is 14.5 Å². The third kappa shape index (κ3) is 5.28. The van der Waals surface area contributed by atoms with E-state index in [4.69, 9.17) is 0 Å².